The highest BCUT2D eigenvalue weighted by Gasteiger charge is 2.58. The topological polar surface area (TPSA) is 32.3 Å². The van der Waals surface area contributed by atoms with E-state index in [9.17, 15) is 4.79 Å². The van der Waals surface area contributed by atoms with E-state index >= 15 is 0 Å². The summed E-state index contributed by atoms with van der Waals surface area (Å²) in [7, 11) is 2.12. The summed E-state index contributed by atoms with van der Waals surface area (Å²) >= 11 is 0. The fraction of sp³-hybridized carbons (Fsp3) is 0.682. The van der Waals surface area contributed by atoms with E-state index in [4.69, 9.17) is 0 Å². The van der Waals surface area contributed by atoms with Crippen LogP contribution >= 0.6 is 0 Å². The molecular formula is C22H30N2O. The smallest absolute Gasteiger partial charge is 0.220 e. The number of likely N-dealkylation sites (N-methyl/N-ethyl adjacent to an activating group) is 1. The molecule has 5 aliphatic rings. The van der Waals surface area contributed by atoms with Crippen LogP contribution < -0.4 is 5.32 Å². The third-order valence-electron chi connectivity index (χ3n) is 7.53. The molecule has 0 aromatic heterocycles. The summed E-state index contributed by atoms with van der Waals surface area (Å²) < 4.78 is 0. The van der Waals surface area contributed by atoms with E-state index < -0.39 is 0 Å². The molecule has 4 bridgehead atoms. The lowest BCUT2D eigenvalue weighted by Gasteiger charge is -2.62. The minimum absolute atomic E-state index is 0.264. The largest absolute Gasteiger partial charge is 0.351 e. The van der Waals surface area contributed by atoms with Gasteiger partial charge in [-0.2, -0.15) is 0 Å². The molecule has 4 saturated carbocycles. The Morgan fingerprint density at radius 3 is 2.44 bits per heavy atom. The highest BCUT2D eigenvalue weighted by Crippen LogP contribution is 2.66. The Morgan fingerprint density at radius 1 is 1.12 bits per heavy atom. The van der Waals surface area contributed by atoms with Gasteiger partial charge in [-0.3, -0.25) is 4.79 Å². The number of hydrogen-bond acceptors (Lipinski definition) is 2. The van der Waals surface area contributed by atoms with Crippen molar-refractivity contribution in [2.45, 2.75) is 56.4 Å². The molecule has 1 N–H and O–H groups in total. The summed E-state index contributed by atoms with van der Waals surface area (Å²) in [5, 5.41) is 3.29. The molecule has 3 heteroatoms. The van der Waals surface area contributed by atoms with E-state index in [1.807, 2.05) is 0 Å². The second-order valence-corrected chi connectivity index (χ2v) is 9.77. The highest BCUT2D eigenvalue weighted by molar-refractivity contribution is 5.77. The van der Waals surface area contributed by atoms with E-state index in [1.54, 1.807) is 0 Å². The van der Waals surface area contributed by atoms with Crippen LogP contribution in [0, 0.1) is 17.3 Å². The summed E-state index contributed by atoms with van der Waals surface area (Å²) in [4.78, 5) is 15.0. The summed E-state index contributed by atoms with van der Waals surface area (Å²) in [6, 6.07) is 11.6. The summed E-state index contributed by atoms with van der Waals surface area (Å²) in [5.74, 6) is 1.98. The number of carbonyl (C=O) groups excluding carboxylic acids is 1. The second kappa shape index (κ2) is 5.57. The van der Waals surface area contributed by atoms with E-state index in [0.29, 0.717) is 17.4 Å². The molecular weight excluding hydrogens is 308 g/mol. The minimum atomic E-state index is 0.264. The van der Waals surface area contributed by atoms with Gasteiger partial charge in [0, 0.05) is 19.5 Å². The lowest BCUT2D eigenvalue weighted by molar-refractivity contribution is -0.132. The molecule has 1 saturated heterocycles. The van der Waals surface area contributed by atoms with E-state index in [1.165, 1.54) is 44.1 Å². The Morgan fingerprint density at radius 2 is 1.80 bits per heavy atom. The first-order valence-electron chi connectivity index (χ1n) is 10.1. The van der Waals surface area contributed by atoms with E-state index in [-0.39, 0.29) is 5.41 Å². The highest BCUT2D eigenvalue weighted by atomic mass is 16.1. The number of hydrogen-bond donors (Lipinski definition) is 1. The molecule has 2 unspecified atom stereocenters. The maximum Gasteiger partial charge on any atom is 0.220 e. The maximum atomic E-state index is 12.7. The van der Waals surface area contributed by atoms with Crippen LogP contribution in [0.15, 0.2) is 30.3 Å². The van der Waals surface area contributed by atoms with Crippen molar-refractivity contribution >= 4 is 5.91 Å². The average molecular weight is 338 g/mol. The predicted molar refractivity (Wildman–Crippen MR) is 99.3 cm³/mol. The first kappa shape index (κ1) is 15.9. The molecule has 2 atom stereocenters. The Balaban J connectivity index is 1.36. The number of nitrogens with one attached hydrogen (secondary N) is 1. The fourth-order valence-electron chi connectivity index (χ4n) is 7.20. The summed E-state index contributed by atoms with van der Waals surface area (Å²) in [6.45, 7) is 2.02. The third-order valence-corrected chi connectivity index (χ3v) is 7.53. The molecule has 134 valence electrons. The summed E-state index contributed by atoms with van der Waals surface area (Å²) in [5.41, 5.74) is 2.15. The molecule has 6 rings (SSSR count). The molecule has 1 aromatic carbocycles. The van der Waals surface area contributed by atoms with Crippen LogP contribution in [0.25, 0.3) is 0 Å². The molecule has 25 heavy (non-hydrogen) atoms. The monoisotopic (exact) mass is 338 g/mol. The van der Waals surface area contributed by atoms with Crippen molar-refractivity contribution in [3.8, 4) is 0 Å². The van der Waals surface area contributed by atoms with Crippen LogP contribution in [0.1, 0.15) is 50.5 Å². The van der Waals surface area contributed by atoms with Gasteiger partial charge in [0.15, 0.2) is 0 Å². The van der Waals surface area contributed by atoms with Crippen molar-refractivity contribution in [2.24, 2.45) is 17.3 Å². The lowest BCUT2D eigenvalue weighted by atomic mass is 9.42. The maximum absolute atomic E-state index is 12.7. The Bertz CT molecular complexity index is 650. The zero-order chi connectivity index (χ0) is 17.1. The van der Waals surface area contributed by atoms with Gasteiger partial charge in [-0.15, -0.1) is 0 Å². The number of amides is 1. The molecule has 3 nitrogen and oxygen atoms in total. The number of carbonyl (C=O) groups is 1. The number of benzene rings is 1. The van der Waals surface area contributed by atoms with Gasteiger partial charge in [-0.25, -0.2) is 0 Å². The molecule has 1 amide bonds. The van der Waals surface area contributed by atoms with Crippen LogP contribution in [-0.4, -0.2) is 37.0 Å². The van der Waals surface area contributed by atoms with Gasteiger partial charge >= 0.3 is 0 Å². The molecule has 1 aliphatic heterocycles. The van der Waals surface area contributed by atoms with Crippen molar-refractivity contribution in [1.82, 2.24) is 10.2 Å². The molecule has 4 aliphatic carbocycles. The van der Waals surface area contributed by atoms with Gasteiger partial charge in [0.1, 0.15) is 0 Å². The zero-order valence-corrected chi connectivity index (χ0v) is 15.3. The summed E-state index contributed by atoms with van der Waals surface area (Å²) in [6.07, 6.45) is 8.68. The number of nitrogens with zero attached hydrogens (tertiary/aromatic N) is 1. The van der Waals surface area contributed by atoms with Gasteiger partial charge < -0.3 is 10.2 Å². The first-order chi connectivity index (χ1) is 12.0. The average Bonchev–Trinajstić information content (AvgIpc) is 2.52. The van der Waals surface area contributed by atoms with E-state index in [0.717, 1.165) is 31.3 Å². The Hall–Kier alpha value is -1.35. The predicted octanol–water partition coefficient (Wildman–Crippen LogP) is 3.34. The molecule has 0 radical (unpaired) electrons. The lowest BCUT2D eigenvalue weighted by Crippen LogP contribution is -2.59. The van der Waals surface area contributed by atoms with Gasteiger partial charge in [0.2, 0.25) is 5.91 Å². The molecule has 0 spiro atoms. The van der Waals surface area contributed by atoms with Crippen LogP contribution in [0.3, 0.4) is 0 Å². The fourth-order valence-corrected chi connectivity index (χ4v) is 7.20. The van der Waals surface area contributed by atoms with Crippen molar-refractivity contribution in [3.63, 3.8) is 0 Å². The first-order valence-corrected chi connectivity index (χ1v) is 10.1. The molecule has 5 fully saturated rings. The van der Waals surface area contributed by atoms with Crippen molar-refractivity contribution in [1.29, 1.82) is 0 Å². The van der Waals surface area contributed by atoms with Crippen LogP contribution in [0.4, 0.5) is 0 Å². The third kappa shape index (κ3) is 2.71. The Labute approximate surface area is 151 Å². The minimum Gasteiger partial charge on any atom is -0.351 e. The normalized spacial score (nSPS) is 40.0. The van der Waals surface area contributed by atoms with Crippen LogP contribution in [0.5, 0.6) is 0 Å². The van der Waals surface area contributed by atoms with Crippen LogP contribution in [-0.2, 0) is 10.2 Å². The quantitative estimate of drug-likeness (QED) is 0.913. The van der Waals surface area contributed by atoms with Gasteiger partial charge in [0.05, 0.1) is 6.04 Å². The van der Waals surface area contributed by atoms with Crippen LogP contribution in [0.2, 0.25) is 0 Å². The van der Waals surface area contributed by atoms with Gasteiger partial charge in [0.25, 0.3) is 0 Å². The molecule has 1 heterocycles. The molecule has 1 aromatic rings. The van der Waals surface area contributed by atoms with E-state index in [2.05, 4.69) is 47.6 Å². The second-order valence-electron chi connectivity index (χ2n) is 9.77. The van der Waals surface area contributed by atoms with Gasteiger partial charge in [-0.1, -0.05) is 30.3 Å². The standard InChI is InChI=1S/C22H30N2O/c1-24-13-19(14-24)23-20(25)12-21-8-16-7-17(9-21)11-22(10-16,15-21)18-5-3-2-4-6-18/h2-6,16-17,19H,7-15H2,1H3,(H,23,25). The SMILES string of the molecule is CN1CC(NC(=O)CC23CC4CC(C2)CC(c2ccccc2)(C4)C3)C1. The number of likely N-dealkylation sites (tertiary alicyclic amines) is 1. The van der Waals surface area contributed by atoms with Crippen molar-refractivity contribution in [3.05, 3.63) is 35.9 Å². The number of rotatable bonds is 4. The Kier molecular flexibility index (Phi) is 3.54. The zero-order valence-electron chi connectivity index (χ0n) is 15.3. The van der Waals surface area contributed by atoms with Crippen molar-refractivity contribution < 1.29 is 4.79 Å². The van der Waals surface area contributed by atoms with Crippen molar-refractivity contribution in [2.75, 3.05) is 20.1 Å². The van der Waals surface area contributed by atoms with Gasteiger partial charge in [-0.05, 0) is 73.8 Å².